The van der Waals surface area contributed by atoms with E-state index in [1.165, 1.54) is 6.07 Å². The van der Waals surface area contributed by atoms with Gasteiger partial charge in [0.15, 0.2) is 0 Å². The van der Waals surface area contributed by atoms with Gasteiger partial charge in [-0.05, 0) is 54.7 Å². The largest absolute Gasteiger partial charge is 0.487 e. The normalized spacial score (nSPS) is 21.7. The van der Waals surface area contributed by atoms with Gasteiger partial charge in [-0.15, -0.1) is 0 Å². The van der Waals surface area contributed by atoms with Crippen molar-refractivity contribution < 1.29 is 19.0 Å². The Labute approximate surface area is 175 Å². The van der Waals surface area contributed by atoms with E-state index in [1.807, 2.05) is 36.1 Å². The first kappa shape index (κ1) is 20.2. The van der Waals surface area contributed by atoms with Gasteiger partial charge in [0, 0.05) is 25.9 Å². The first-order valence-corrected chi connectivity index (χ1v) is 10.4. The van der Waals surface area contributed by atoms with E-state index in [9.17, 15) is 14.3 Å². The van der Waals surface area contributed by atoms with E-state index in [-0.39, 0.29) is 17.0 Å². The van der Waals surface area contributed by atoms with Crippen LogP contribution in [0.1, 0.15) is 36.5 Å². The van der Waals surface area contributed by atoms with Gasteiger partial charge in [-0.1, -0.05) is 29.8 Å². The van der Waals surface area contributed by atoms with E-state index in [2.05, 4.69) is 0 Å². The fraction of sp³-hybridized carbons (Fsp3) is 0.435. The number of carbonyl (C=O) groups is 1. The van der Waals surface area contributed by atoms with Gasteiger partial charge < -0.3 is 14.7 Å². The summed E-state index contributed by atoms with van der Waals surface area (Å²) >= 11 is 5.78. The van der Waals surface area contributed by atoms with Crippen molar-refractivity contribution in [1.82, 2.24) is 4.90 Å². The smallest absolute Gasteiger partial charge is 0.226 e. The second-order valence-corrected chi connectivity index (χ2v) is 8.79. The zero-order chi connectivity index (χ0) is 20.6. The number of aliphatic hydroxyl groups excluding tert-OH is 1. The highest BCUT2D eigenvalue weighted by molar-refractivity contribution is 6.30. The van der Waals surface area contributed by atoms with Crippen molar-refractivity contribution >= 4 is 17.5 Å². The molecule has 0 spiro atoms. The summed E-state index contributed by atoms with van der Waals surface area (Å²) in [4.78, 5) is 14.4. The topological polar surface area (TPSA) is 49.8 Å². The summed E-state index contributed by atoms with van der Waals surface area (Å²) in [7, 11) is 0. The predicted octanol–water partition coefficient (Wildman–Crippen LogP) is 3.94. The van der Waals surface area contributed by atoms with E-state index in [0.29, 0.717) is 45.2 Å². The molecule has 0 aliphatic carbocycles. The molecule has 4 nitrogen and oxygen atoms in total. The van der Waals surface area contributed by atoms with Crippen LogP contribution in [0.5, 0.6) is 5.75 Å². The molecule has 154 valence electrons. The summed E-state index contributed by atoms with van der Waals surface area (Å²) in [6, 6.07) is 10.7. The van der Waals surface area contributed by atoms with Gasteiger partial charge in [0.25, 0.3) is 0 Å². The Balaban J connectivity index is 1.42. The van der Waals surface area contributed by atoms with Crippen LogP contribution in [-0.2, 0) is 24.1 Å². The lowest BCUT2D eigenvalue weighted by molar-refractivity contribution is -0.132. The molecule has 0 saturated carbocycles. The summed E-state index contributed by atoms with van der Waals surface area (Å²) in [6.45, 7) is 3.25. The number of hydrogen-bond acceptors (Lipinski definition) is 3. The summed E-state index contributed by atoms with van der Waals surface area (Å²) in [5, 5.41) is 9.73. The molecule has 0 radical (unpaired) electrons. The van der Waals surface area contributed by atoms with E-state index >= 15 is 0 Å². The molecule has 2 aromatic rings. The second kappa shape index (κ2) is 7.96. The standard InChI is InChI=1S/C23H25ClFNO3/c1-23(13-16-2-4-19(24)20(25)11-16)14-17-10-15(3-5-21(17)29-23)12-22(28)26-8-6-18(27)7-9-26/h2-5,10-11,18,27H,6-9,12-14H2,1H3. The molecule has 1 fully saturated rings. The van der Waals surface area contributed by atoms with E-state index in [0.717, 1.165) is 22.4 Å². The lowest BCUT2D eigenvalue weighted by Gasteiger charge is -2.29. The lowest BCUT2D eigenvalue weighted by Crippen LogP contribution is -2.40. The number of likely N-dealkylation sites (tertiary alicyclic amines) is 1. The molecule has 1 saturated heterocycles. The number of benzene rings is 2. The lowest BCUT2D eigenvalue weighted by atomic mass is 9.91. The maximum atomic E-state index is 13.8. The molecule has 0 bridgehead atoms. The summed E-state index contributed by atoms with van der Waals surface area (Å²) < 4.78 is 19.9. The van der Waals surface area contributed by atoms with Gasteiger partial charge in [-0.25, -0.2) is 4.39 Å². The zero-order valence-corrected chi connectivity index (χ0v) is 17.2. The van der Waals surface area contributed by atoms with Crippen molar-refractivity contribution in [3.05, 3.63) is 63.9 Å². The summed E-state index contributed by atoms with van der Waals surface area (Å²) in [5.74, 6) is 0.490. The monoisotopic (exact) mass is 417 g/mol. The number of rotatable bonds is 4. The number of aliphatic hydroxyl groups is 1. The Morgan fingerprint density at radius 1 is 1.24 bits per heavy atom. The third kappa shape index (κ3) is 4.57. The van der Waals surface area contributed by atoms with Gasteiger partial charge in [-0.3, -0.25) is 4.79 Å². The van der Waals surface area contributed by atoms with Crippen LogP contribution in [0.25, 0.3) is 0 Å². The number of halogens is 2. The fourth-order valence-electron chi connectivity index (χ4n) is 4.27. The molecule has 1 N–H and O–H groups in total. The van der Waals surface area contributed by atoms with E-state index < -0.39 is 11.4 Å². The molecule has 1 atom stereocenters. The van der Waals surface area contributed by atoms with Crippen LogP contribution >= 0.6 is 11.6 Å². The highest BCUT2D eigenvalue weighted by Crippen LogP contribution is 2.38. The highest BCUT2D eigenvalue weighted by Gasteiger charge is 2.35. The van der Waals surface area contributed by atoms with Gasteiger partial charge in [0.1, 0.15) is 17.2 Å². The maximum absolute atomic E-state index is 13.8. The van der Waals surface area contributed by atoms with Crippen LogP contribution in [0.15, 0.2) is 36.4 Å². The number of amides is 1. The third-order valence-corrected chi connectivity index (χ3v) is 6.09. The first-order valence-electron chi connectivity index (χ1n) is 10.0. The van der Waals surface area contributed by atoms with Crippen LogP contribution < -0.4 is 4.74 Å². The van der Waals surface area contributed by atoms with Crippen LogP contribution in [-0.4, -0.2) is 40.7 Å². The zero-order valence-electron chi connectivity index (χ0n) is 16.5. The number of carbonyl (C=O) groups excluding carboxylic acids is 1. The molecule has 2 aliphatic rings. The Morgan fingerprint density at radius 3 is 2.69 bits per heavy atom. The minimum atomic E-state index is -0.464. The van der Waals surface area contributed by atoms with Gasteiger partial charge >= 0.3 is 0 Å². The minimum Gasteiger partial charge on any atom is -0.487 e. The van der Waals surface area contributed by atoms with Crippen molar-refractivity contribution in [1.29, 1.82) is 0 Å². The number of fused-ring (bicyclic) bond motifs is 1. The van der Waals surface area contributed by atoms with Crippen molar-refractivity contribution in [2.24, 2.45) is 0 Å². The molecule has 1 amide bonds. The van der Waals surface area contributed by atoms with Crippen LogP contribution in [0.2, 0.25) is 5.02 Å². The second-order valence-electron chi connectivity index (χ2n) is 8.38. The number of hydrogen-bond donors (Lipinski definition) is 1. The minimum absolute atomic E-state index is 0.0927. The quantitative estimate of drug-likeness (QED) is 0.819. The Bertz CT molecular complexity index is 926. The number of ether oxygens (including phenoxy) is 1. The average molecular weight is 418 g/mol. The molecular formula is C23H25ClFNO3. The first-order chi connectivity index (χ1) is 13.8. The predicted molar refractivity (Wildman–Crippen MR) is 110 cm³/mol. The number of nitrogens with zero attached hydrogens (tertiary/aromatic N) is 1. The number of piperidine rings is 1. The Morgan fingerprint density at radius 2 is 1.97 bits per heavy atom. The van der Waals surface area contributed by atoms with Gasteiger partial charge in [0.2, 0.25) is 5.91 Å². The molecular weight excluding hydrogens is 393 g/mol. The molecule has 2 aromatic carbocycles. The summed E-state index contributed by atoms with van der Waals surface area (Å²) in [5.41, 5.74) is 2.41. The molecule has 29 heavy (non-hydrogen) atoms. The van der Waals surface area contributed by atoms with Crippen molar-refractivity contribution in [2.75, 3.05) is 13.1 Å². The highest BCUT2D eigenvalue weighted by atomic mass is 35.5. The Hall–Kier alpha value is -2.11. The van der Waals surface area contributed by atoms with Crippen LogP contribution in [0.4, 0.5) is 4.39 Å². The fourth-order valence-corrected chi connectivity index (χ4v) is 4.38. The molecule has 1 unspecified atom stereocenters. The van der Waals surface area contributed by atoms with Crippen molar-refractivity contribution in [2.45, 2.75) is 50.7 Å². The van der Waals surface area contributed by atoms with Gasteiger partial charge in [0.05, 0.1) is 17.5 Å². The van der Waals surface area contributed by atoms with Gasteiger partial charge in [-0.2, -0.15) is 0 Å². The maximum Gasteiger partial charge on any atom is 0.226 e. The van der Waals surface area contributed by atoms with E-state index in [4.69, 9.17) is 16.3 Å². The van der Waals surface area contributed by atoms with E-state index in [1.54, 1.807) is 6.07 Å². The van der Waals surface area contributed by atoms with Crippen LogP contribution in [0, 0.1) is 5.82 Å². The molecule has 4 rings (SSSR count). The van der Waals surface area contributed by atoms with Crippen molar-refractivity contribution in [3.8, 4) is 5.75 Å². The Kier molecular flexibility index (Phi) is 5.54. The van der Waals surface area contributed by atoms with Crippen molar-refractivity contribution in [3.63, 3.8) is 0 Å². The molecule has 0 aromatic heterocycles. The average Bonchev–Trinajstić information content (AvgIpc) is 3.00. The SMILES string of the molecule is CC1(Cc2ccc(Cl)c(F)c2)Cc2cc(CC(=O)N3CCC(O)CC3)ccc2O1. The molecule has 6 heteroatoms. The summed E-state index contributed by atoms with van der Waals surface area (Å²) in [6.07, 6.45) is 2.62. The molecule has 2 aliphatic heterocycles. The molecule has 2 heterocycles. The van der Waals surface area contributed by atoms with Crippen LogP contribution in [0.3, 0.4) is 0 Å². The third-order valence-electron chi connectivity index (χ3n) is 5.78.